The lowest BCUT2D eigenvalue weighted by Crippen LogP contribution is -2.28. The molecule has 66 valence electrons. The van der Waals surface area contributed by atoms with Crippen molar-refractivity contribution in [2.45, 2.75) is 20.8 Å². The van der Waals surface area contributed by atoms with E-state index < -0.39 is 0 Å². The molecular formula is C8H13N3O. The van der Waals surface area contributed by atoms with Crippen LogP contribution >= 0.6 is 0 Å². The molecule has 0 aliphatic heterocycles. The number of aryl methyl sites for hydroxylation is 1. The van der Waals surface area contributed by atoms with Crippen molar-refractivity contribution >= 4 is 11.6 Å². The fraction of sp³-hybridized carbons (Fsp3) is 0.500. The predicted molar refractivity (Wildman–Crippen MR) is 47.0 cm³/mol. The van der Waals surface area contributed by atoms with Crippen molar-refractivity contribution in [3.8, 4) is 0 Å². The second-order valence-corrected chi connectivity index (χ2v) is 2.64. The summed E-state index contributed by atoms with van der Waals surface area (Å²) in [6, 6.07) is 0. The third kappa shape index (κ3) is 1.47. The van der Waals surface area contributed by atoms with Gasteiger partial charge >= 0.3 is 0 Å². The molecule has 0 aliphatic carbocycles. The zero-order chi connectivity index (χ0) is 9.14. The maximum Gasteiger partial charge on any atom is 0.223 e. The summed E-state index contributed by atoms with van der Waals surface area (Å²) in [6.07, 6.45) is 1.67. The third-order valence-electron chi connectivity index (χ3n) is 1.79. The van der Waals surface area contributed by atoms with Gasteiger partial charge in [0.05, 0.1) is 17.6 Å². The van der Waals surface area contributed by atoms with E-state index >= 15 is 0 Å². The molecule has 0 saturated heterocycles. The van der Waals surface area contributed by atoms with Gasteiger partial charge in [0, 0.05) is 13.5 Å². The number of aromatic amines is 1. The van der Waals surface area contributed by atoms with Crippen LogP contribution in [0, 0.1) is 6.92 Å². The van der Waals surface area contributed by atoms with E-state index in [0.29, 0.717) is 6.54 Å². The van der Waals surface area contributed by atoms with E-state index in [-0.39, 0.29) is 5.91 Å². The molecule has 1 amide bonds. The number of hydrogen-bond donors (Lipinski definition) is 1. The van der Waals surface area contributed by atoms with E-state index in [9.17, 15) is 4.79 Å². The van der Waals surface area contributed by atoms with Gasteiger partial charge in [-0.05, 0) is 13.8 Å². The molecule has 1 rings (SSSR count). The van der Waals surface area contributed by atoms with E-state index in [1.807, 2.05) is 13.8 Å². The number of H-pyrrole nitrogens is 1. The SMILES string of the molecule is CCN(C(C)=O)c1cn[nH]c1C. The number of nitrogens with zero attached hydrogens (tertiary/aromatic N) is 2. The van der Waals surface area contributed by atoms with Crippen molar-refractivity contribution in [3.05, 3.63) is 11.9 Å². The van der Waals surface area contributed by atoms with Crippen molar-refractivity contribution in [1.29, 1.82) is 0 Å². The Hall–Kier alpha value is -1.32. The molecule has 0 bridgehead atoms. The number of hydrogen-bond acceptors (Lipinski definition) is 2. The first-order valence-corrected chi connectivity index (χ1v) is 3.95. The molecule has 0 spiro atoms. The van der Waals surface area contributed by atoms with E-state index in [2.05, 4.69) is 10.2 Å². The molecule has 0 saturated carbocycles. The van der Waals surface area contributed by atoms with Crippen LogP contribution in [0.4, 0.5) is 5.69 Å². The Balaban J connectivity index is 2.94. The minimum atomic E-state index is 0.0435. The van der Waals surface area contributed by atoms with Crippen molar-refractivity contribution < 1.29 is 4.79 Å². The van der Waals surface area contributed by atoms with Crippen LogP contribution in [0.5, 0.6) is 0 Å². The molecule has 0 aromatic carbocycles. The number of amides is 1. The zero-order valence-corrected chi connectivity index (χ0v) is 7.59. The fourth-order valence-electron chi connectivity index (χ4n) is 1.18. The molecule has 0 fully saturated rings. The summed E-state index contributed by atoms with van der Waals surface area (Å²) in [7, 11) is 0. The number of aromatic nitrogens is 2. The molecule has 1 aromatic rings. The average molecular weight is 167 g/mol. The minimum absolute atomic E-state index is 0.0435. The summed E-state index contributed by atoms with van der Waals surface area (Å²) in [6.45, 7) is 6.06. The van der Waals surface area contributed by atoms with Crippen LogP contribution in [0.25, 0.3) is 0 Å². The zero-order valence-electron chi connectivity index (χ0n) is 7.59. The molecular weight excluding hydrogens is 154 g/mol. The van der Waals surface area contributed by atoms with E-state index in [4.69, 9.17) is 0 Å². The molecule has 0 aliphatic rings. The van der Waals surface area contributed by atoms with Crippen molar-refractivity contribution in [1.82, 2.24) is 10.2 Å². The van der Waals surface area contributed by atoms with Gasteiger partial charge in [-0.2, -0.15) is 5.10 Å². The largest absolute Gasteiger partial charge is 0.310 e. The maximum atomic E-state index is 11.1. The predicted octanol–water partition coefficient (Wildman–Crippen LogP) is 1.09. The first kappa shape index (κ1) is 8.77. The molecule has 0 radical (unpaired) electrons. The van der Waals surface area contributed by atoms with Gasteiger partial charge in [0.2, 0.25) is 5.91 Å². The number of nitrogens with one attached hydrogen (secondary N) is 1. The van der Waals surface area contributed by atoms with Gasteiger partial charge in [0.15, 0.2) is 0 Å². The Morgan fingerprint density at radius 3 is 2.75 bits per heavy atom. The first-order chi connectivity index (χ1) is 5.66. The van der Waals surface area contributed by atoms with E-state index in [1.165, 1.54) is 0 Å². The van der Waals surface area contributed by atoms with E-state index in [0.717, 1.165) is 11.4 Å². The van der Waals surface area contributed by atoms with Crippen molar-refractivity contribution in [3.63, 3.8) is 0 Å². The highest BCUT2D eigenvalue weighted by Crippen LogP contribution is 2.15. The Morgan fingerprint density at radius 2 is 2.42 bits per heavy atom. The summed E-state index contributed by atoms with van der Waals surface area (Å²) in [4.78, 5) is 12.8. The smallest absolute Gasteiger partial charge is 0.223 e. The summed E-state index contributed by atoms with van der Waals surface area (Å²) in [5.74, 6) is 0.0435. The van der Waals surface area contributed by atoms with Gasteiger partial charge in [0.25, 0.3) is 0 Å². The molecule has 4 heteroatoms. The van der Waals surface area contributed by atoms with Crippen LogP contribution in [0.3, 0.4) is 0 Å². The van der Waals surface area contributed by atoms with Crippen LogP contribution < -0.4 is 4.90 Å². The Kier molecular flexibility index (Phi) is 2.47. The Bertz CT molecular complexity index is 280. The molecule has 1 aromatic heterocycles. The number of carbonyl (C=O) groups excluding carboxylic acids is 1. The molecule has 12 heavy (non-hydrogen) atoms. The van der Waals surface area contributed by atoms with Crippen LogP contribution in [0.15, 0.2) is 6.20 Å². The monoisotopic (exact) mass is 167 g/mol. The van der Waals surface area contributed by atoms with Gasteiger partial charge in [-0.25, -0.2) is 0 Å². The highest BCUT2D eigenvalue weighted by molar-refractivity contribution is 5.91. The van der Waals surface area contributed by atoms with Gasteiger partial charge in [0.1, 0.15) is 0 Å². The lowest BCUT2D eigenvalue weighted by Gasteiger charge is -2.17. The molecule has 0 unspecified atom stereocenters. The van der Waals surface area contributed by atoms with Crippen LogP contribution in [-0.4, -0.2) is 22.6 Å². The van der Waals surface area contributed by atoms with Crippen LogP contribution in [0.1, 0.15) is 19.5 Å². The third-order valence-corrected chi connectivity index (χ3v) is 1.79. The second-order valence-electron chi connectivity index (χ2n) is 2.64. The highest BCUT2D eigenvalue weighted by Gasteiger charge is 2.12. The molecule has 1 heterocycles. The number of carbonyl (C=O) groups is 1. The molecule has 1 N–H and O–H groups in total. The van der Waals surface area contributed by atoms with Gasteiger partial charge < -0.3 is 4.90 Å². The van der Waals surface area contributed by atoms with Gasteiger partial charge in [-0.3, -0.25) is 9.89 Å². The van der Waals surface area contributed by atoms with Crippen LogP contribution in [-0.2, 0) is 4.79 Å². The van der Waals surface area contributed by atoms with E-state index in [1.54, 1.807) is 18.0 Å². The average Bonchev–Trinajstić information content (AvgIpc) is 2.38. The summed E-state index contributed by atoms with van der Waals surface area (Å²) >= 11 is 0. The van der Waals surface area contributed by atoms with Crippen molar-refractivity contribution in [2.24, 2.45) is 0 Å². The standard InChI is InChI=1S/C8H13N3O/c1-4-11(7(3)12)8-5-9-10-6(8)2/h5H,4H2,1-3H3,(H,9,10). The minimum Gasteiger partial charge on any atom is -0.310 e. The van der Waals surface area contributed by atoms with Gasteiger partial charge in [-0.1, -0.05) is 0 Å². The summed E-state index contributed by atoms with van der Waals surface area (Å²) < 4.78 is 0. The second kappa shape index (κ2) is 3.38. The lowest BCUT2D eigenvalue weighted by atomic mass is 10.3. The molecule has 4 nitrogen and oxygen atoms in total. The van der Waals surface area contributed by atoms with Crippen molar-refractivity contribution in [2.75, 3.05) is 11.4 Å². The lowest BCUT2D eigenvalue weighted by molar-refractivity contribution is -0.116. The first-order valence-electron chi connectivity index (χ1n) is 3.95. The summed E-state index contributed by atoms with van der Waals surface area (Å²) in [5, 5.41) is 6.65. The molecule has 0 atom stereocenters. The number of anilines is 1. The Morgan fingerprint density at radius 1 is 1.75 bits per heavy atom. The summed E-state index contributed by atoms with van der Waals surface area (Å²) in [5.41, 5.74) is 1.79. The quantitative estimate of drug-likeness (QED) is 0.716. The normalized spacial score (nSPS) is 9.92. The highest BCUT2D eigenvalue weighted by atomic mass is 16.2. The number of rotatable bonds is 2. The Labute approximate surface area is 71.6 Å². The topological polar surface area (TPSA) is 49.0 Å². The maximum absolute atomic E-state index is 11.1. The van der Waals surface area contributed by atoms with Crippen LogP contribution in [0.2, 0.25) is 0 Å². The van der Waals surface area contributed by atoms with Gasteiger partial charge in [-0.15, -0.1) is 0 Å². The fourth-order valence-corrected chi connectivity index (χ4v) is 1.18.